The first-order valence-corrected chi connectivity index (χ1v) is 10.5. The first-order chi connectivity index (χ1) is 16.1. The minimum absolute atomic E-state index is 0.325. The molecule has 1 N–H and O–H groups in total. The Morgan fingerprint density at radius 1 is 1.03 bits per heavy atom. The monoisotopic (exact) mass is 456 g/mol. The Morgan fingerprint density at radius 2 is 1.76 bits per heavy atom. The number of hydrogen-bond acceptors (Lipinski definition) is 5. The van der Waals surface area contributed by atoms with Crippen LogP contribution in [0.2, 0.25) is 0 Å². The molecule has 1 unspecified atom stereocenters. The Labute approximate surface area is 196 Å². The molecule has 0 aliphatic heterocycles. The predicted molar refractivity (Wildman–Crippen MR) is 130 cm³/mol. The molecule has 33 heavy (non-hydrogen) atoms. The summed E-state index contributed by atoms with van der Waals surface area (Å²) in [6.07, 6.45) is 5.30. The van der Waals surface area contributed by atoms with Crippen molar-refractivity contribution in [3.8, 4) is 22.8 Å². The van der Waals surface area contributed by atoms with Gasteiger partial charge in [0.15, 0.2) is 5.76 Å². The van der Waals surface area contributed by atoms with Gasteiger partial charge in [0.25, 0.3) is 0 Å². The minimum atomic E-state index is -1.04. The van der Waals surface area contributed by atoms with Gasteiger partial charge < -0.3 is 14.4 Å². The van der Waals surface area contributed by atoms with Gasteiger partial charge in [0, 0.05) is 34.1 Å². The fourth-order valence-corrected chi connectivity index (χ4v) is 3.42. The molecule has 0 aliphatic rings. The predicted octanol–water partition coefficient (Wildman–Crippen LogP) is 6.93. The molecule has 0 radical (unpaired) electrons. The van der Waals surface area contributed by atoms with Crippen molar-refractivity contribution in [3.63, 3.8) is 0 Å². The molecule has 4 rings (SSSR count). The fraction of sp³-hybridized carbons (Fsp3) is 0.0370. The smallest absolute Gasteiger partial charge is 0.173 e. The number of pyridine rings is 1. The number of rotatable bonds is 8. The second-order valence-corrected chi connectivity index (χ2v) is 7.60. The quantitative estimate of drug-likeness (QED) is 0.291. The topological polar surface area (TPSA) is 68.4 Å². The average molecular weight is 457 g/mol. The molecule has 0 saturated carbocycles. The van der Waals surface area contributed by atoms with Gasteiger partial charge in [-0.3, -0.25) is 4.98 Å². The van der Waals surface area contributed by atoms with Crippen LogP contribution >= 0.6 is 11.6 Å². The molecule has 2 heterocycles. The van der Waals surface area contributed by atoms with E-state index < -0.39 is 6.10 Å². The van der Waals surface area contributed by atoms with Crippen LogP contribution in [0.4, 0.5) is 0 Å². The number of nitrogens with zero attached hydrogens (tertiary/aromatic N) is 2. The highest BCUT2D eigenvalue weighted by molar-refractivity contribution is 6.31. The maximum absolute atomic E-state index is 11.2. The molecule has 0 aliphatic carbocycles. The molecule has 0 amide bonds. The lowest BCUT2D eigenvalue weighted by Crippen LogP contribution is -2.03. The first-order valence-electron chi connectivity index (χ1n) is 10.2. The number of para-hydroxylation sites is 1. The number of allylic oxidation sites excluding steroid dienone is 4. The lowest BCUT2D eigenvalue weighted by Gasteiger charge is -2.13. The SMILES string of the molecule is C=C/C(Cl)=C\C(=C)c1onc(-c2ccc(Oc3ccccc3)cc2)c1C(O)c1cccnc1. The van der Waals surface area contributed by atoms with Crippen molar-refractivity contribution < 1.29 is 14.4 Å². The molecule has 0 fully saturated rings. The van der Waals surface area contributed by atoms with Gasteiger partial charge >= 0.3 is 0 Å². The third-order valence-corrected chi connectivity index (χ3v) is 5.17. The maximum atomic E-state index is 11.2. The maximum Gasteiger partial charge on any atom is 0.173 e. The third kappa shape index (κ3) is 5.12. The van der Waals surface area contributed by atoms with Gasteiger partial charge in [0.2, 0.25) is 0 Å². The zero-order valence-electron chi connectivity index (χ0n) is 17.7. The number of benzene rings is 2. The molecular formula is C27H21ClN2O3. The van der Waals surface area contributed by atoms with Crippen molar-refractivity contribution >= 4 is 17.2 Å². The normalized spacial score (nSPS) is 12.2. The summed E-state index contributed by atoms with van der Waals surface area (Å²) in [6, 6.07) is 20.4. The fourth-order valence-electron chi connectivity index (χ4n) is 3.29. The molecule has 0 spiro atoms. The van der Waals surface area contributed by atoms with E-state index in [-0.39, 0.29) is 0 Å². The van der Waals surface area contributed by atoms with E-state index in [1.165, 1.54) is 6.08 Å². The van der Waals surface area contributed by atoms with E-state index >= 15 is 0 Å². The van der Waals surface area contributed by atoms with Crippen LogP contribution in [0.1, 0.15) is 23.0 Å². The molecule has 6 heteroatoms. The number of aromatic nitrogens is 2. The molecule has 0 saturated heterocycles. The summed E-state index contributed by atoms with van der Waals surface area (Å²) in [6.45, 7) is 7.67. The first kappa shape index (κ1) is 22.3. The largest absolute Gasteiger partial charge is 0.457 e. The van der Waals surface area contributed by atoms with Crippen LogP contribution in [-0.2, 0) is 0 Å². The highest BCUT2D eigenvalue weighted by atomic mass is 35.5. The van der Waals surface area contributed by atoms with E-state index in [0.717, 1.165) is 11.3 Å². The highest BCUT2D eigenvalue weighted by Gasteiger charge is 2.26. The zero-order chi connectivity index (χ0) is 23.2. The van der Waals surface area contributed by atoms with E-state index in [1.807, 2.05) is 54.6 Å². The summed E-state index contributed by atoms with van der Waals surface area (Å²) in [4.78, 5) is 4.11. The van der Waals surface area contributed by atoms with Crippen LogP contribution in [0.5, 0.6) is 11.5 Å². The average Bonchev–Trinajstić information content (AvgIpc) is 3.30. The second-order valence-electron chi connectivity index (χ2n) is 7.16. The number of hydrogen-bond donors (Lipinski definition) is 1. The molecule has 4 aromatic rings. The Kier molecular flexibility index (Phi) is 6.83. The standard InChI is InChI=1S/C27H21ClN2O3/c1-3-21(28)16-18(2)27-24(26(31)20-8-7-15-29-17-20)25(30-33-27)19-11-13-23(14-12-19)32-22-9-5-4-6-10-22/h3-17,26,31H,1-2H2/b21-16+. The van der Waals surface area contributed by atoms with Crippen molar-refractivity contribution in [1.82, 2.24) is 10.1 Å². The summed E-state index contributed by atoms with van der Waals surface area (Å²) in [5, 5.41) is 15.9. The van der Waals surface area contributed by atoms with Gasteiger partial charge in [-0.2, -0.15) is 0 Å². The summed E-state index contributed by atoms with van der Waals surface area (Å²) in [5.74, 6) is 1.74. The van der Waals surface area contributed by atoms with Gasteiger partial charge in [-0.1, -0.05) is 60.3 Å². The van der Waals surface area contributed by atoms with Crippen LogP contribution in [0.25, 0.3) is 16.8 Å². The Bertz CT molecular complexity index is 1280. The van der Waals surface area contributed by atoms with E-state index in [9.17, 15) is 5.11 Å². The van der Waals surface area contributed by atoms with Gasteiger partial charge in [-0.25, -0.2) is 0 Å². The van der Waals surface area contributed by atoms with Gasteiger partial charge in [0.1, 0.15) is 23.3 Å². The minimum Gasteiger partial charge on any atom is -0.457 e. The number of ether oxygens (including phenoxy) is 1. The molecule has 164 valence electrons. The summed E-state index contributed by atoms with van der Waals surface area (Å²) in [7, 11) is 0. The molecule has 2 aromatic carbocycles. The van der Waals surface area contributed by atoms with E-state index in [0.29, 0.717) is 38.9 Å². The zero-order valence-corrected chi connectivity index (χ0v) is 18.4. The van der Waals surface area contributed by atoms with Crippen molar-refractivity contribution in [2.45, 2.75) is 6.10 Å². The van der Waals surface area contributed by atoms with Crippen molar-refractivity contribution in [2.75, 3.05) is 0 Å². The third-order valence-electron chi connectivity index (χ3n) is 4.91. The van der Waals surface area contributed by atoms with Gasteiger partial charge in [-0.05, 0) is 48.5 Å². The van der Waals surface area contributed by atoms with Crippen LogP contribution in [0.3, 0.4) is 0 Å². The molecule has 2 aromatic heterocycles. The second kappa shape index (κ2) is 10.1. The lowest BCUT2D eigenvalue weighted by atomic mass is 9.95. The summed E-state index contributed by atoms with van der Waals surface area (Å²) in [5.41, 5.74) is 2.75. The number of aliphatic hydroxyl groups is 1. The van der Waals surface area contributed by atoms with Gasteiger partial charge in [0.05, 0.1) is 5.56 Å². The van der Waals surface area contributed by atoms with Crippen molar-refractivity contribution in [2.24, 2.45) is 0 Å². The van der Waals surface area contributed by atoms with E-state index in [2.05, 4.69) is 23.3 Å². The van der Waals surface area contributed by atoms with E-state index in [1.54, 1.807) is 30.6 Å². The highest BCUT2D eigenvalue weighted by Crippen LogP contribution is 2.38. The van der Waals surface area contributed by atoms with Crippen LogP contribution in [0.15, 0.2) is 114 Å². The van der Waals surface area contributed by atoms with Crippen molar-refractivity contribution in [3.05, 3.63) is 126 Å². The van der Waals surface area contributed by atoms with Gasteiger partial charge in [-0.15, -0.1) is 0 Å². The van der Waals surface area contributed by atoms with Crippen LogP contribution < -0.4 is 4.74 Å². The molecule has 5 nitrogen and oxygen atoms in total. The van der Waals surface area contributed by atoms with Crippen molar-refractivity contribution in [1.29, 1.82) is 0 Å². The molecule has 0 bridgehead atoms. The number of aliphatic hydroxyl groups excluding tert-OH is 1. The Morgan fingerprint density at radius 3 is 2.42 bits per heavy atom. The molecular weight excluding hydrogens is 436 g/mol. The Hall–Kier alpha value is -3.93. The lowest BCUT2D eigenvalue weighted by molar-refractivity contribution is 0.218. The Balaban J connectivity index is 1.73. The number of halogens is 1. The summed E-state index contributed by atoms with van der Waals surface area (Å²) < 4.78 is 11.5. The van der Waals surface area contributed by atoms with Crippen LogP contribution in [0, 0.1) is 0 Å². The van der Waals surface area contributed by atoms with E-state index in [4.69, 9.17) is 20.9 Å². The summed E-state index contributed by atoms with van der Waals surface area (Å²) >= 11 is 6.10. The molecule has 1 atom stereocenters. The van der Waals surface area contributed by atoms with Crippen LogP contribution in [-0.4, -0.2) is 15.2 Å².